The summed E-state index contributed by atoms with van der Waals surface area (Å²) in [5.41, 5.74) is -1.48. The van der Waals surface area contributed by atoms with Gasteiger partial charge in [0.25, 0.3) is 0 Å². The van der Waals surface area contributed by atoms with Crippen LogP contribution in [0.1, 0.15) is 46.5 Å². The van der Waals surface area contributed by atoms with E-state index in [-0.39, 0.29) is 12.1 Å². The minimum atomic E-state index is -1.08. The highest BCUT2D eigenvalue weighted by atomic mass is 16.5. The highest BCUT2D eigenvalue weighted by Gasteiger charge is 2.44. The number of aliphatic carboxylic acids is 1. The number of morpholine rings is 1. The lowest BCUT2D eigenvalue weighted by atomic mass is 9.98. The summed E-state index contributed by atoms with van der Waals surface area (Å²) in [6, 6.07) is -0.294. The highest BCUT2D eigenvalue weighted by Crippen LogP contribution is 2.30. The SMILES string of the molecule is CC1CN(C(=O)NC2(C(=O)O)CCCC2)CC(C)(C)O1. The van der Waals surface area contributed by atoms with Gasteiger partial charge in [0.1, 0.15) is 5.54 Å². The molecule has 1 atom stereocenters. The largest absolute Gasteiger partial charge is 0.480 e. The van der Waals surface area contributed by atoms with Crippen molar-refractivity contribution < 1.29 is 19.4 Å². The number of carbonyl (C=O) groups excluding carboxylic acids is 1. The molecule has 6 nitrogen and oxygen atoms in total. The number of rotatable bonds is 2. The van der Waals surface area contributed by atoms with Gasteiger partial charge in [-0.25, -0.2) is 9.59 Å². The zero-order valence-electron chi connectivity index (χ0n) is 12.4. The Morgan fingerprint density at radius 2 is 1.90 bits per heavy atom. The first-order chi connectivity index (χ1) is 9.24. The van der Waals surface area contributed by atoms with Gasteiger partial charge in [-0.05, 0) is 33.6 Å². The van der Waals surface area contributed by atoms with E-state index in [1.807, 2.05) is 20.8 Å². The quantitative estimate of drug-likeness (QED) is 0.807. The van der Waals surface area contributed by atoms with E-state index >= 15 is 0 Å². The average Bonchev–Trinajstić information content (AvgIpc) is 2.76. The predicted octanol–water partition coefficient (Wildman–Crippen LogP) is 1.59. The molecule has 114 valence electrons. The van der Waals surface area contributed by atoms with E-state index in [9.17, 15) is 14.7 Å². The molecular formula is C14H24N2O4. The molecule has 1 saturated carbocycles. The van der Waals surface area contributed by atoms with E-state index in [4.69, 9.17) is 4.74 Å². The number of hydrogen-bond donors (Lipinski definition) is 2. The first kappa shape index (κ1) is 15.1. The number of nitrogens with one attached hydrogen (secondary N) is 1. The van der Waals surface area contributed by atoms with Crippen molar-refractivity contribution in [2.24, 2.45) is 0 Å². The lowest BCUT2D eigenvalue weighted by molar-refractivity contribution is -0.144. The average molecular weight is 284 g/mol. The fourth-order valence-corrected chi connectivity index (χ4v) is 3.26. The standard InChI is InChI=1S/C14H24N2O4/c1-10-8-16(9-13(2,3)20-10)12(19)15-14(11(17)18)6-4-5-7-14/h10H,4-9H2,1-3H3,(H,15,19)(H,17,18). The number of carbonyl (C=O) groups is 2. The topological polar surface area (TPSA) is 78.9 Å². The zero-order valence-corrected chi connectivity index (χ0v) is 12.4. The number of carboxylic acid groups (broad SMARTS) is 1. The van der Waals surface area contributed by atoms with Gasteiger partial charge in [-0.3, -0.25) is 0 Å². The molecule has 2 fully saturated rings. The summed E-state index contributed by atoms with van der Waals surface area (Å²) in [7, 11) is 0. The van der Waals surface area contributed by atoms with Crippen LogP contribution in [-0.4, -0.2) is 52.3 Å². The fraction of sp³-hybridized carbons (Fsp3) is 0.857. The number of carboxylic acids is 1. The summed E-state index contributed by atoms with van der Waals surface area (Å²) in [6.07, 6.45) is 2.66. The predicted molar refractivity (Wildman–Crippen MR) is 73.6 cm³/mol. The van der Waals surface area contributed by atoms with Crippen LogP contribution in [0.4, 0.5) is 4.79 Å². The van der Waals surface area contributed by atoms with Gasteiger partial charge in [0.05, 0.1) is 18.2 Å². The van der Waals surface area contributed by atoms with Crippen molar-refractivity contribution in [1.82, 2.24) is 10.2 Å². The van der Waals surface area contributed by atoms with Crippen molar-refractivity contribution in [3.05, 3.63) is 0 Å². The smallest absolute Gasteiger partial charge is 0.329 e. The monoisotopic (exact) mass is 284 g/mol. The van der Waals surface area contributed by atoms with Crippen LogP contribution >= 0.6 is 0 Å². The molecule has 0 aromatic heterocycles. The molecule has 1 heterocycles. The summed E-state index contributed by atoms with van der Waals surface area (Å²) in [4.78, 5) is 25.5. The second-order valence-electron chi connectivity index (χ2n) is 6.59. The molecule has 1 aliphatic carbocycles. The van der Waals surface area contributed by atoms with Gasteiger partial charge < -0.3 is 20.1 Å². The molecular weight excluding hydrogens is 260 g/mol. The van der Waals surface area contributed by atoms with Gasteiger partial charge >= 0.3 is 12.0 Å². The molecule has 0 aromatic rings. The molecule has 2 aliphatic rings. The maximum atomic E-state index is 12.4. The molecule has 6 heteroatoms. The summed E-state index contributed by atoms with van der Waals surface area (Å²) >= 11 is 0. The van der Waals surface area contributed by atoms with Crippen LogP contribution in [0.15, 0.2) is 0 Å². The summed E-state index contributed by atoms with van der Waals surface area (Å²) in [5, 5.41) is 12.2. The van der Waals surface area contributed by atoms with E-state index in [1.165, 1.54) is 0 Å². The first-order valence-corrected chi connectivity index (χ1v) is 7.22. The Bertz CT molecular complexity index is 402. The Labute approximate surface area is 119 Å². The van der Waals surface area contributed by atoms with Gasteiger partial charge in [0.15, 0.2) is 0 Å². The highest BCUT2D eigenvalue weighted by molar-refractivity contribution is 5.86. The van der Waals surface area contributed by atoms with Crippen LogP contribution in [0.25, 0.3) is 0 Å². The van der Waals surface area contributed by atoms with Crippen LogP contribution in [0, 0.1) is 0 Å². The Morgan fingerprint density at radius 3 is 2.40 bits per heavy atom. The van der Waals surface area contributed by atoms with Crippen LogP contribution in [0.5, 0.6) is 0 Å². The summed E-state index contributed by atoms with van der Waals surface area (Å²) < 4.78 is 5.76. The van der Waals surface area contributed by atoms with Crippen LogP contribution in [0.3, 0.4) is 0 Å². The van der Waals surface area contributed by atoms with Crippen molar-refractivity contribution in [1.29, 1.82) is 0 Å². The Morgan fingerprint density at radius 1 is 1.30 bits per heavy atom. The summed E-state index contributed by atoms with van der Waals surface area (Å²) in [5.74, 6) is -0.927. The van der Waals surface area contributed by atoms with Crippen molar-refractivity contribution in [2.45, 2.75) is 63.7 Å². The van der Waals surface area contributed by atoms with E-state index in [0.29, 0.717) is 25.9 Å². The Balaban J connectivity index is 2.05. The number of nitrogens with zero attached hydrogens (tertiary/aromatic N) is 1. The van der Waals surface area contributed by atoms with E-state index in [1.54, 1.807) is 4.90 Å². The Hall–Kier alpha value is -1.30. The zero-order chi connectivity index (χ0) is 15.0. The minimum Gasteiger partial charge on any atom is -0.480 e. The first-order valence-electron chi connectivity index (χ1n) is 7.22. The molecule has 0 radical (unpaired) electrons. The van der Waals surface area contributed by atoms with Crippen molar-refractivity contribution in [3.63, 3.8) is 0 Å². The molecule has 0 bridgehead atoms. The van der Waals surface area contributed by atoms with E-state index < -0.39 is 17.1 Å². The van der Waals surface area contributed by atoms with Gasteiger partial charge in [-0.2, -0.15) is 0 Å². The lowest BCUT2D eigenvalue weighted by Gasteiger charge is -2.42. The van der Waals surface area contributed by atoms with Crippen molar-refractivity contribution in [2.75, 3.05) is 13.1 Å². The summed E-state index contributed by atoms with van der Waals surface area (Å²) in [6.45, 7) is 6.75. The molecule has 2 amide bonds. The number of amides is 2. The minimum absolute atomic E-state index is 0.0474. The van der Waals surface area contributed by atoms with Gasteiger partial charge in [-0.15, -0.1) is 0 Å². The molecule has 0 aromatic carbocycles. The second kappa shape index (κ2) is 5.24. The third-order valence-corrected chi connectivity index (χ3v) is 4.07. The second-order valence-corrected chi connectivity index (χ2v) is 6.59. The van der Waals surface area contributed by atoms with Gasteiger partial charge in [0.2, 0.25) is 0 Å². The normalized spacial score (nSPS) is 28.1. The van der Waals surface area contributed by atoms with Crippen LogP contribution < -0.4 is 5.32 Å². The molecule has 20 heavy (non-hydrogen) atoms. The third-order valence-electron chi connectivity index (χ3n) is 4.07. The number of urea groups is 1. The Kier molecular flexibility index (Phi) is 3.95. The van der Waals surface area contributed by atoms with E-state index in [0.717, 1.165) is 12.8 Å². The maximum absolute atomic E-state index is 12.4. The van der Waals surface area contributed by atoms with E-state index in [2.05, 4.69) is 5.32 Å². The number of hydrogen-bond acceptors (Lipinski definition) is 3. The third kappa shape index (κ3) is 3.06. The van der Waals surface area contributed by atoms with Crippen molar-refractivity contribution >= 4 is 12.0 Å². The molecule has 1 unspecified atom stereocenters. The van der Waals surface area contributed by atoms with Crippen LogP contribution in [0.2, 0.25) is 0 Å². The fourth-order valence-electron chi connectivity index (χ4n) is 3.26. The molecule has 1 aliphatic heterocycles. The molecule has 0 spiro atoms. The lowest BCUT2D eigenvalue weighted by Crippen LogP contribution is -2.61. The van der Waals surface area contributed by atoms with Crippen LogP contribution in [-0.2, 0) is 9.53 Å². The molecule has 2 N–H and O–H groups in total. The maximum Gasteiger partial charge on any atom is 0.329 e. The van der Waals surface area contributed by atoms with Gasteiger partial charge in [-0.1, -0.05) is 12.8 Å². The number of ether oxygens (including phenoxy) is 1. The van der Waals surface area contributed by atoms with Gasteiger partial charge in [0, 0.05) is 6.54 Å². The molecule has 2 rings (SSSR count). The molecule has 1 saturated heterocycles. The van der Waals surface area contributed by atoms with Crippen molar-refractivity contribution in [3.8, 4) is 0 Å².